The molecule has 21 heavy (non-hydrogen) atoms. The first-order valence-electron chi connectivity index (χ1n) is 6.25. The van der Waals surface area contributed by atoms with Crippen LogP contribution in [0.25, 0.3) is 0 Å². The molecule has 6 heteroatoms. The highest BCUT2D eigenvalue weighted by Crippen LogP contribution is 2.30. The number of benzene rings is 2. The van der Waals surface area contributed by atoms with E-state index in [9.17, 15) is 17.6 Å². The smallest absolute Gasteiger partial charge is 0.416 e. The van der Waals surface area contributed by atoms with Gasteiger partial charge in [-0.25, -0.2) is 4.39 Å². The maximum Gasteiger partial charge on any atom is 0.416 e. The Bertz CT molecular complexity index is 581. The van der Waals surface area contributed by atoms with Crippen LogP contribution in [0.1, 0.15) is 5.56 Å². The van der Waals surface area contributed by atoms with Crippen LogP contribution in [0.3, 0.4) is 0 Å². The molecule has 0 amide bonds. The third kappa shape index (κ3) is 4.66. The number of alkyl halides is 3. The third-order valence-corrected chi connectivity index (χ3v) is 2.71. The zero-order valence-corrected chi connectivity index (χ0v) is 11.0. The first-order valence-corrected chi connectivity index (χ1v) is 6.25. The molecule has 0 saturated carbocycles. The lowest BCUT2D eigenvalue weighted by molar-refractivity contribution is -0.137. The summed E-state index contributed by atoms with van der Waals surface area (Å²) in [5.74, 6) is 0.00713. The predicted octanol–water partition coefficient (Wildman–Crippen LogP) is 4.34. The Morgan fingerprint density at radius 2 is 1.71 bits per heavy atom. The van der Waals surface area contributed by atoms with Crippen molar-refractivity contribution in [2.24, 2.45) is 0 Å². The fourth-order valence-corrected chi connectivity index (χ4v) is 1.70. The second kappa shape index (κ2) is 6.47. The van der Waals surface area contributed by atoms with Crippen LogP contribution >= 0.6 is 0 Å². The van der Waals surface area contributed by atoms with Gasteiger partial charge >= 0.3 is 6.18 Å². The lowest BCUT2D eigenvalue weighted by Crippen LogP contribution is -2.11. The van der Waals surface area contributed by atoms with Gasteiger partial charge in [-0.05, 0) is 42.5 Å². The summed E-state index contributed by atoms with van der Waals surface area (Å²) in [7, 11) is 0. The molecule has 2 nitrogen and oxygen atoms in total. The summed E-state index contributed by atoms with van der Waals surface area (Å²) in [6, 6.07) is 10.4. The summed E-state index contributed by atoms with van der Waals surface area (Å²) in [6.45, 7) is 0.659. The van der Waals surface area contributed by atoms with Crippen molar-refractivity contribution in [3.05, 3.63) is 59.9 Å². The maximum atomic E-state index is 12.9. The van der Waals surface area contributed by atoms with Crippen molar-refractivity contribution in [2.45, 2.75) is 6.18 Å². The van der Waals surface area contributed by atoms with Gasteiger partial charge in [-0.2, -0.15) is 13.2 Å². The molecule has 0 saturated heterocycles. The molecule has 0 aliphatic carbocycles. The monoisotopic (exact) mass is 299 g/mol. The number of ether oxygens (including phenoxy) is 1. The second-order valence-corrected chi connectivity index (χ2v) is 4.31. The fourth-order valence-electron chi connectivity index (χ4n) is 1.70. The molecule has 0 unspecified atom stereocenters. The zero-order valence-electron chi connectivity index (χ0n) is 11.0. The molecule has 0 atom stereocenters. The molecule has 2 rings (SSSR count). The first kappa shape index (κ1) is 15.2. The first-order chi connectivity index (χ1) is 9.95. The zero-order chi connectivity index (χ0) is 15.3. The largest absolute Gasteiger partial charge is 0.492 e. The Hall–Kier alpha value is -2.24. The third-order valence-electron chi connectivity index (χ3n) is 2.71. The maximum absolute atomic E-state index is 12.9. The predicted molar refractivity (Wildman–Crippen MR) is 71.8 cm³/mol. The fraction of sp³-hybridized carbons (Fsp3) is 0.200. The highest BCUT2D eigenvalue weighted by molar-refractivity contribution is 5.42. The van der Waals surface area contributed by atoms with Gasteiger partial charge in [-0.1, -0.05) is 6.07 Å². The average molecular weight is 299 g/mol. The quantitative estimate of drug-likeness (QED) is 0.655. The van der Waals surface area contributed by atoms with Crippen molar-refractivity contribution >= 4 is 5.69 Å². The van der Waals surface area contributed by atoms with E-state index in [2.05, 4.69) is 5.32 Å². The topological polar surface area (TPSA) is 21.3 Å². The molecule has 0 aromatic heterocycles. The van der Waals surface area contributed by atoms with E-state index in [0.29, 0.717) is 18.0 Å². The Morgan fingerprint density at radius 1 is 1.00 bits per heavy atom. The van der Waals surface area contributed by atoms with Crippen molar-refractivity contribution in [2.75, 3.05) is 18.5 Å². The molecule has 0 aliphatic heterocycles. The Morgan fingerprint density at radius 3 is 2.33 bits per heavy atom. The van der Waals surface area contributed by atoms with Crippen LogP contribution in [0.4, 0.5) is 23.2 Å². The van der Waals surface area contributed by atoms with E-state index >= 15 is 0 Å². The molecule has 0 fully saturated rings. The SMILES string of the molecule is Fc1cccc(NCCOc2ccc(C(F)(F)F)cc2)c1. The number of hydrogen-bond acceptors (Lipinski definition) is 2. The summed E-state index contributed by atoms with van der Waals surface area (Å²) in [6.07, 6.45) is -4.35. The van der Waals surface area contributed by atoms with Crippen molar-refractivity contribution in [1.82, 2.24) is 0 Å². The summed E-state index contributed by atoms with van der Waals surface area (Å²) in [5.41, 5.74) is -0.0984. The van der Waals surface area contributed by atoms with Crippen LogP contribution in [0.15, 0.2) is 48.5 Å². The van der Waals surface area contributed by atoms with Crippen molar-refractivity contribution < 1.29 is 22.3 Å². The molecule has 112 valence electrons. The summed E-state index contributed by atoms with van der Waals surface area (Å²) >= 11 is 0. The minimum atomic E-state index is -4.35. The number of hydrogen-bond donors (Lipinski definition) is 1. The number of nitrogens with one attached hydrogen (secondary N) is 1. The van der Waals surface area contributed by atoms with Crippen LogP contribution < -0.4 is 10.1 Å². The standard InChI is InChI=1S/C15H13F4NO/c16-12-2-1-3-13(10-12)20-8-9-21-14-6-4-11(5-7-14)15(17,18)19/h1-7,10,20H,8-9H2. The van der Waals surface area contributed by atoms with Gasteiger partial charge in [0, 0.05) is 12.2 Å². The van der Waals surface area contributed by atoms with Crippen molar-refractivity contribution in [3.8, 4) is 5.75 Å². The van der Waals surface area contributed by atoms with Gasteiger partial charge in [-0.15, -0.1) is 0 Å². The van der Waals surface area contributed by atoms with E-state index in [-0.39, 0.29) is 12.4 Å². The van der Waals surface area contributed by atoms with E-state index in [1.54, 1.807) is 12.1 Å². The Kier molecular flexibility index (Phi) is 4.67. The van der Waals surface area contributed by atoms with E-state index in [1.807, 2.05) is 0 Å². The highest BCUT2D eigenvalue weighted by atomic mass is 19.4. The molecule has 0 heterocycles. The van der Waals surface area contributed by atoms with Gasteiger partial charge in [0.2, 0.25) is 0 Å². The van der Waals surface area contributed by atoms with Crippen LogP contribution in [0.5, 0.6) is 5.75 Å². The Labute approximate surface area is 119 Å². The lowest BCUT2D eigenvalue weighted by atomic mass is 10.2. The number of halogens is 4. The van der Waals surface area contributed by atoms with Gasteiger partial charge in [0.15, 0.2) is 0 Å². The van der Waals surface area contributed by atoms with Crippen molar-refractivity contribution in [3.63, 3.8) is 0 Å². The van der Waals surface area contributed by atoms with Gasteiger partial charge in [-0.3, -0.25) is 0 Å². The van der Waals surface area contributed by atoms with Gasteiger partial charge in [0.05, 0.1) is 5.56 Å². The minimum Gasteiger partial charge on any atom is -0.492 e. The van der Waals surface area contributed by atoms with E-state index in [1.165, 1.54) is 24.3 Å². The number of anilines is 1. The number of rotatable bonds is 5. The van der Waals surface area contributed by atoms with Gasteiger partial charge < -0.3 is 10.1 Å². The summed E-state index contributed by atoms with van der Waals surface area (Å²) in [4.78, 5) is 0. The lowest BCUT2D eigenvalue weighted by Gasteiger charge is -2.10. The molecule has 0 bridgehead atoms. The molecular formula is C15H13F4NO. The van der Waals surface area contributed by atoms with Gasteiger partial charge in [0.1, 0.15) is 18.2 Å². The summed E-state index contributed by atoms with van der Waals surface area (Å²) in [5, 5.41) is 2.95. The van der Waals surface area contributed by atoms with Crippen LogP contribution in [-0.2, 0) is 6.18 Å². The molecule has 0 aliphatic rings. The van der Waals surface area contributed by atoms with Crippen LogP contribution in [0, 0.1) is 5.82 Å². The average Bonchev–Trinajstić information content (AvgIpc) is 2.43. The Balaban J connectivity index is 1.79. The molecule has 1 N–H and O–H groups in total. The molecule has 2 aromatic rings. The van der Waals surface area contributed by atoms with Crippen LogP contribution in [0.2, 0.25) is 0 Å². The molecule has 2 aromatic carbocycles. The molecule has 0 spiro atoms. The second-order valence-electron chi connectivity index (χ2n) is 4.31. The van der Waals surface area contributed by atoms with Crippen LogP contribution in [-0.4, -0.2) is 13.2 Å². The molecule has 0 radical (unpaired) electrons. The van der Waals surface area contributed by atoms with Gasteiger partial charge in [0.25, 0.3) is 0 Å². The normalized spacial score (nSPS) is 11.2. The van der Waals surface area contributed by atoms with E-state index < -0.39 is 11.7 Å². The highest BCUT2D eigenvalue weighted by Gasteiger charge is 2.29. The minimum absolute atomic E-state index is 0.252. The van der Waals surface area contributed by atoms with Crippen molar-refractivity contribution in [1.29, 1.82) is 0 Å². The summed E-state index contributed by atoms with van der Waals surface area (Å²) < 4.78 is 55.3. The molecular weight excluding hydrogens is 286 g/mol. The van der Waals surface area contributed by atoms with E-state index in [4.69, 9.17) is 4.74 Å². The van der Waals surface area contributed by atoms with E-state index in [0.717, 1.165) is 12.1 Å².